The van der Waals surface area contributed by atoms with E-state index in [0.29, 0.717) is 23.8 Å². The van der Waals surface area contributed by atoms with Gasteiger partial charge in [0.2, 0.25) is 0 Å². The SMILES string of the molecule is CC[C@H]1CC[C@H]2[C@@H]3C=CC4=CC(=O)C(CN=[N+]=[N-])C[C@]4(C)[C@H]3CC[C@]12C. The van der Waals surface area contributed by atoms with Crippen LogP contribution in [0.25, 0.3) is 10.4 Å². The Morgan fingerprint density at radius 2 is 2.08 bits per heavy atom. The summed E-state index contributed by atoms with van der Waals surface area (Å²) in [6.45, 7) is 7.57. The Morgan fingerprint density at radius 1 is 1.27 bits per heavy atom. The average molecular weight is 354 g/mol. The van der Waals surface area contributed by atoms with Crippen LogP contribution in [0.5, 0.6) is 0 Å². The predicted octanol–water partition coefficient (Wildman–Crippen LogP) is 5.86. The fourth-order valence-electron chi connectivity index (χ4n) is 7.26. The molecule has 0 amide bonds. The molecule has 4 rings (SSSR count). The highest BCUT2D eigenvalue weighted by Crippen LogP contribution is 2.65. The molecule has 4 aliphatic carbocycles. The number of nitrogens with zero attached hydrogens (tertiary/aromatic N) is 3. The van der Waals surface area contributed by atoms with Crippen LogP contribution >= 0.6 is 0 Å². The smallest absolute Gasteiger partial charge is 0.159 e. The van der Waals surface area contributed by atoms with Crippen molar-refractivity contribution in [3.63, 3.8) is 0 Å². The Morgan fingerprint density at radius 3 is 2.81 bits per heavy atom. The van der Waals surface area contributed by atoms with E-state index in [-0.39, 0.29) is 17.1 Å². The van der Waals surface area contributed by atoms with Crippen LogP contribution in [0.1, 0.15) is 59.3 Å². The third kappa shape index (κ3) is 2.41. The summed E-state index contributed by atoms with van der Waals surface area (Å²) in [5.74, 6) is 2.91. The Balaban J connectivity index is 1.68. The van der Waals surface area contributed by atoms with Crippen LogP contribution in [0, 0.1) is 40.4 Å². The molecular formula is C22H31N3O. The van der Waals surface area contributed by atoms with Crippen molar-refractivity contribution in [3.8, 4) is 0 Å². The summed E-state index contributed by atoms with van der Waals surface area (Å²) < 4.78 is 0. The summed E-state index contributed by atoms with van der Waals surface area (Å²) in [5.41, 5.74) is 10.4. The first-order chi connectivity index (χ1) is 12.4. The van der Waals surface area contributed by atoms with Gasteiger partial charge in [-0.15, -0.1) is 0 Å². The zero-order valence-corrected chi connectivity index (χ0v) is 16.3. The first kappa shape index (κ1) is 17.9. The second-order valence-corrected chi connectivity index (χ2v) is 9.61. The lowest BCUT2D eigenvalue weighted by atomic mass is 9.48. The minimum atomic E-state index is -0.146. The highest BCUT2D eigenvalue weighted by molar-refractivity contribution is 5.94. The molecule has 26 heavy (non-hydrogen) atoms. The number of rotatable bonds is 3. The molecule has 140 valence electrons. The summed E-state index contributed by atoms with van der Waals surface area (Å²) in [5, 5.41) is 3.72. The van der Waals surface area contributed by atoms with Gasteiger partial charge < -0.3 is 0 Å². The van der Waals surface area contributed by atoms with E-state index in [4.69, 9.17) is 5.53 Å². The fraction of sp³-hybridized carbons (Fsp3) is 0.773. The van der Waals surface area contributed by atoms with Crippen LogP contribution < -0.4 is 0 Å². The molecular weight excluding hydrogens is 322 g/mol. The zero-order chi connectivity index (χ0) is 18.5. The van der Waals surface area contributed by atoms with Gasteiger partial charge in [-0.25, -0.2) is 0 Å². The van der Waals surface area contributed by atoms with E-state index in [2.05, 4.69) is 42.9 Å². The molecule has 0 heterocycles. The molecule has 0 aromatic carbocycles. The second-order valence-electron chi connectivity index (χ2n) is 9.61. The lowest BCUT2D eigenvalue weighted by molar-refractivity contribution is -0.120. The maximum Gasteiger partial charge on any atom is 0.159 e. The van der Waals surface area contributed by atoms with Gasteiger partial charge in [0.1, 0.15) is 0 Å². The number of allylic oxidation sites excluding steroid dienone is 4. The first-order valence-corrected chi connectivity index (χ1v) is 10.4. The van der Waals surface area contributed by atoms with Gasteiger partial charge in [-0.1, -0.05) is 44.5 Å². The monoisotopic (exact) mass is 353 g/mol. The van der Waals surface area contributed by atoms with Gasteiger partial charge >= 0.3 is 0 Å². The Kier molecular flexibility index (Phi) is 4.30. The molecule has 0 bridgehead atoms. The lowest BCUT2D eigenvalue weighted by Gasteiger charge is -2.56. The van der Waals surface area contributed by atoms with Gasteiger partial charge in [-0.05, 0) is 83.8 Å². The molecule has 0 saturated heterocycles. The third-order valence-corrected chi connectivity index (χ3v) is 8.73. The Labute approximate surface area is 156 Å². The third-order valence-electron chi connectivity index (χ3n) is 8.73. The van der Waals surface area contributed by atoms with Crippen molar-refractivity contribution in [1.29, 1.82) is 0 Å². The fourth-order valence-corrected chi connectivity index (χ4v) is 7.26. The first-order valence-electron chi connectivity index (χ1n) is 10.4. The van der Waals surface area contributed by atoms with Crippen molar-refractivity contribution in [3.05, 3.63) is 34.2 Å². The second kappa shape index (κ2) is 6.27. The normalized spacial score (nSPS) is 46.7. The van der Waals surface area contributed by atoms with Gasteiger partial charge in [0.15, 0.2) is 5.78 Å². The standard InChI is InChI=1S/C22H31N3O/c1-4-15-6-8-18-17-7-5-16-11-20(26)14(13-24-25-23)12-22(16,3)19(17)9-10-21(15,18)2/h5,7,11,14-15,17-19H,4,6,8-10,12-13H2,1-3H3/t14?,15-,17-,18-,19-,21+,22-/m0/s1. The van der Waals surface area contributed by atoms with Gasteiger partial charge in [0.05, 0.1) is 0 Å². The maximum absolute atomic E-state index is 12.5. The Bertz CT molecular complexity index is 719. The number of ketones is 1. The summed E-state index contributed by atoms with van der Waals surface area (Å²) in [4.78, 5) is 15.4. The Hall–Kier alpha value is -1.54. The minimum absolute atomic E-state index is 0.0502. The van der Waals surface area contributed by atoms with E-state index in [1.807, 2.05) is 6.08 Å². The molecule has 1 unspecified atom stereocenters. The van der Waals surface area contributed by atoms with Crippen molar-refractivity contribution < 1.29 is 4.79 Å². The minimum Gasteiger partial charge on any atom is -0.295 e. The van der Waals surface area contributed by atoms with Crippen LogP contribution in [0.15, 0.2) is 28.9 Å². The van der Waals surface area contributed by atoms with Crippen molar-refractivity contribution in [2.45, 2.75) is 59.3 Å². The largest absolute Gasteiger partial charge is 0.295 e. The average Bonchev–Trinajstić information content (AvgIpc) is 2.97. The van der Waals surface area contributed by atoms with Crippen molar-refractivity contribution in [1.82, 2.24) is 0 Å². The number of hydrogen-bond acceptors (Lipinski definition) is 2. The van der Waals surface area contributed by atoms with Crippen LogP contribution in [0.3, 0.4) is 0 Å². The summed E-state index contributed by atoms with van der Waals surface area (Å²) in [6, 6.07) is 0. The highest BCUT2D eigenvalue weighted by Gasteiger charge is 2.58. The van der Waals surface area contributed by atoms with Gasteiger partial charge in [-0.2, -0.15) is 0 Å². The van der Waals surface area contributed by atoms with Crippen molar-refractivity contribution in [2.24, 2.45) is 45.5 Å². The molecule has 0 aliphatic heterocycles. The van der Waals surface area contributed by atoms with Crippen LogP contribution in [0.4, 0.5) is 0 Å². The zero-order valence-electron chi connectivity index (χ0n) is 16.3. The van der Waals surface area contributed by atoms with Crippen molar-refractivity contribution in [2.75, 3.05) is 6.54 Å². The maximum atomic E-state index is 12.5. The topological polar surface area (TPSA) is 65.8 Å². The number of fused-ring (bicyclic) bond motifs is 5. The van der Waals surface area contributed by atoms with E-state index < -0.39 is 0 Å². The molecule has 2 saturated carbocycles. The molecule has 4 aliphatic rings. The van der Waals surface area contributed by atoms with E-state index in [9.17, 15) is 4.79 Å². The molecule has 0 aromatic rings. The summed E-state index contributed by atoms with van der Waals surface area (Å²) >= 11 is 0. The van der Waals surface area contributed by atoms with Crippen LogP contribution in [0.2, 0.25) is 0 Å². The molecule has 0 radical (unpaired) electrons. The number of carbonyl (C=O) groups is 1. The molecule has 2 fully saturated rings. The molecule has 4 nitrogen and oxygen atoms in total. The van der Waals surface area contributed by atoms with Gasteiger partial charge in [0, 0.05) is 17.4 Å². The van der Waals surface area contributed by atoms with Gasteiger partial charge in [-0.3, -0.25) is 4.79 Å². The number of azide groups is 1. The summed E-state index contributed by atoms with van der Waals surface area (Å²) in [6.07, 6.45) is 14.0. The van der Waals surface area contributed by atoms with E-state index >= 15 is 0 Å². The molecule has 0 N–H and O–H groups in total. The molecule has 0 aromatic heterocycles. The van der Waals surface area contributed by atoms with E-state index in [1.54, 1.807) is 0 Å². The quantitative estimate of drug-likeness (QED) is 0.356. The highest BCUT2D eigenvalue weighted by atomic mass is 16.1. The number of carbonyl (C=O) groups excluding carboxylic acids is 1. The predicted molar refractivity (Wildman–Crippen MR) is 103 cm³/mol. The van der Waals surface area contributed by atoms with E-state index in [0.717, 1.165) is 18.3 Å². The van der Waals surface area contributed by atoms with Crippen LogP contribution in [-0.4, -0.2) is 12.3 Å². The lowest BCUT2D eigenvalue weighted by Crippen LogP contribution is -2.50. The summed E-state index contributed by atoms with van der Waals surface area (Å²) in [7, 11) is 0. The van der Waals surface area contributed by atoms with E-state index in [1.165, 1.54) is 37.7 Å². The van der Waals surface area contributed by atoms with Crippen molar-refractivity contribution >= 4 is 5.78 Å². The van der Waals surface area contributed by atoms with Gasteiger partial charge in [0.25, 0.3) is 0 Å². The molecule has 4 heteroatoms. The number of hydrogen-bond donors (Lipinski definition) is 0. The molecule has 7 atom stereocenters. The van der Waals surface area contributed by atoms with Crippen LogP contribution in [-0.2, 0) is 4.79 Å². The molecule has 0 spiro atoms.